The van der Waals surface area contributed by atoms with Crippen molar-refractivity contribution in [3.8, 4) is 0 Å². The maximum atomic E-state index is 12.9. The number of carbonyl (C=O) groups is 2. The Morgan fingerprint density at radius 1 is 0.815 bits per heavy atom. The lowest BCUT2D eigenvalue weighted by molar-refractivity contribution is -0.137. The van der Waals surface area contributed by atoms with Crippen molar-refractivity contribution < 1.29 is 9.59 Å². The number of nitrogens with zero attached hydrogens (tertiary/aromatic N) is 2. The molecule has 0 atom stereocenters. The summed E-state index contributed by atoms with van der Waals surface area (Å²) >= 11 is 0. The van der Waals surface area contributed by atoms with Crippen LogP contribution >= 0.6 is 0 Å². The van der Waals surface area contributed by atoms with Gasteiger partial charge in [-0.2, -0.15) is 0 Å². The molecule has 2 heterocycles. The second-order valence-electron chi connectivity index (χ2n) is 7.34. The first kappa shape index (κ1) is 17.6. The minimum atomic E-state index is -0.0843. The number of carbonyl (C=O) groups excluding carboxylic acids is 2. The number of urea groups is 1. The van der Waals surface area contributed by atoms with Crippen LogP contribution in [0.15, 0.2) is 54.6 Å². The normalized spacial score (nSPS) is 17.3. The van der Waals surface area contributed by atoms with Crippen molar-refractivity contribution in [3.63, 3.8) is 0 Å². The topological polar surface area (TPSA) is 52.7 Å². The molecule has 0 saturated carbocycles. The van der Waals surface area contributed by atoms with Gasteiger partial charge in [0.1, 0.15) is 0 Å². The number of amides is 3. The number of para-hydroxylation sites is 1. The highest BCUT2D eigenvalue weighted by Crippen LogP contribution is 2.25. The summed E-state index contributed by atoms with van der Waals surface area (Å²) in [6, 6.07) is 17.8. The van der Waals surface area contributed by atoms with Gasteiger partial charge in [-0.1, -0.05) is 42.5 Å². The number of likely N-dealkylation sites (tertiary alicyclic amines) is 1. The zero-order valence-electron chi connectivity index (χ0n) is 15.4. The second-order valence-corrected chi connectivity index (χ2v) is 7.34. The highest BCUT2D eigenvalue weighted by Gasteiger charge is 2.31. The van der Waals surface area contributed by atoms with E-state index in [1.165, 1.54) is 11.1 Å². The number of rotatable bonds is 2. The zero-order valence-corrected chi connectivity index (χ0v) is 15.4. The molecule has 0 radical (unpaired) electrons. The molecule has 4 rings (SSSR count). The van der Waals surface area contributed by atoms with Crippen LogP contribution in [-0.4, -0.2) is 41.4 Å². The van der Waals surface area contributed by atoms with E-state index in [1.807, 2.05) is 46.2 Å². The van der Waals surface area contributed by atoms with E-state index < -0.39 is 0 Å². The van der Waals surface area contributed by atoms with Crippen LogP contribution in [0.4, 0.5) is 10.5 Å². The predicted octanol–water partition coefficient (Wildman–Crippen LogP) is 3.52. The molecule has 0 bridgehead atoms. The van der Waals surface area contributed by atoms with Gasteiger partial charge >= 0.3 is 6.03 Å². The summed E-state index contributed by atoms with van der Waals surface area (Å²) in [6.07, 6.45) is 2.40. The number of fused-ring (bicyclic) bond motifs is 1. The molecule has 1 N–H and O–H groups in total. The van der Waals surface area contributed by atoms with Gasteiger partial charge in [-0.25, -0.2) is 4.79 Å². The molecule has 140 valence electrons. The molecule has 2 aromatic carbocycles. The molecular formula is C22H25N3O2. The molecule has 2 aliphatic heterocycles. The molecule has 0 aromatic heterocycles. The molecule has 27 heavy (non-hydrogen) atoms. The fourth-order valence-corrected chi connectivity index (χ4v) is 4.00. The lowest BCUT2D eigenvalue weighted by Crippen LogP contribution is -2.46. The monoisotopic (exact) mass is 363 g/mol. The van der Waals surface area contributed by atoms with Gasteiger partial charge in [0.2, 0.25) is 5.91 Å². The van der Waals surface area contributed by atoms with Gasteiger partial charge < -0.3 is 15.1 Å². The molecule has 0 unspecified atom stereocenters. The van der Waals surface area contributed by atoms with Crippen LogP contribution < -0.4 is 5.32 Å². The summed E-state index contributed by atoms with van der Waals surface area (Å²) in [4.78, 5) is 29.1. The lowest BCUT2D eigenvalue weighted by Gasteiger charge is -2.36. The average molecular weight is 363 g/mol. The molecule has 5 nitrogen and oxygen atoms in total. The van der Waals surface area contributed by atoms with E-state index in [0.29, 0.717) is 19.6 Å². The number of hydrogen-bond donors (Lipinski definition) is 1. The van der Waals surface area contributed by atoms with E-state index in [0.717, 1.165) is 31.5 Å². The molecule has 0 spiro atoms. The van der Waals surface area contributed by atoms with Crippen molar-refractivity contribution in [2.24, 2.45) is 5.92 Å². The standard InChI is InChI=1S/C22H25N3O2/c26-21(25-15-10-17-6-4-5-7-19(17)16-25)18-11-13-24(14-12-18)22(27)23-20-8-2-1-3-9-20/h1-9,18H,10-16H2,(H,23,27). The van der Waals surface area contributed by atoms with Gasteiger partial charge in [0.05, 0.1) is 0 Å². The molecule has 5 heteroatoms. The Labute approximate surface area is 160 Å². The van der Waals surface area contributed by atoms with E-state index >= 15 is 0 Å². The van der Waals surface area contributed by atoms with Crippen LogP contribution in [-0.2, 0) is 17.8 Å². The van der Waals surface area contributed by atoms with Gasteiger partial charge in [-0.15, -0.1) is 0 Å². The number of hydrogen-bond acceptors (Lipinski definition) is 2. The van der Waals surface area contributed by atoms with E-state index in [1.54, 1.807) is 0 Å². The first-order valence-electron chi connectivity index (χ1n) is 9.67. The van der Waals surface area contributed by atoms with Gasteiger partial charge in [0.15, 0.2) is 0 Å². The Morgan fingerprint density at radius 2 is 1.48 bits per heavy atom. The minimum Gasteiger partial charge on any atom is -0.338 e. The van der Waals surface area contributed by atoms with E-state index in [9.17, 15) is 9.59 Å². The Balaban J connectivity index is 1.30. The Kier molecular flexibility index (Phi) is 5.10. The third-order valence-electron chi connectivity index (χ3n) is 5.60. The van der Waals surface area contributed by atoms with Gasteiger partial charge in [0.25, 0.3) is 0 Å². The van der Waals surface area contributed by atoms with Crippen molar-refractivity contribution in [1.82, 2.24) is 9.80 Å². The largest absolute Gasteiger partial charge is 0.338 e. The summed E-state index contributed by atoms with van der Waals surface area (Å²) in [5.41, 5.74) is 3.42. The SMILES string of the molecule is O=C(Nc1ccccc1)N1CCC(C(=O)N2CCc3ccccc3C2)CC1. The molecule has 1 saturated heterocycles. The van der Waals surface area contributed by atoms with Crippen molar-refractivity contribution >= 4 is 17.6 Å². The summed E-state index contributed by atoms with van der Waals surface area (Å²) in [5, 5.41) is 2.92. The van der Waals surface area contributed by atoms with Gasteiger partial charge in [-0.3, -0.25) is 4.79 Å². The van der Waals surface area contributed by atoms with Crippen LogP contribution in [0.1, 0.15) is 24.0 Å². The summed E-state index contributed by atoms with van der Waals surface area (Å²) in [5.74, 6) is 0.267. The van der Waals surface area contributed by atoms with Crippen LogP contribution in [0.25, 0.3) is 0 Å². The van der Waals surface area contributed by atoms with Crippen LogP contribution in [0.2, 0.25) is 0 Å². The molecule has 1 fully saturated rings. The highest BCUT2D eigenvalue weighted by atomic mass is 16.2. The maximum absolute atomic E-state index is 12.9. The smallest absolute Gasteiger partial charge is 0.321 e. The van der Waals surface area contributed by atoms with Crippen molar-refractivity contribution in [2.75, 3.05) is 25.0 Å². The molecule has 0 aliphatic carbocycles. The predicted molar refractivity (Wildman–Crippen MR) is 105 cm³/mol. The molecule has 2 aliphatic rings. The third kappa shape index (κ3) is 3.97. The maximum Gasteiger partial charge on any atom is 0.321 e. The van der Waals surface area contributed by atoms with Crippen LogP contribution in [0, 0.1) is 5.92 Å². The molecular weight excluding hydrogens is 338 g/mol. The van der Waals surface area contributed by atoms with E-state index in [2.05, 4.69) is 23.5 Å². The quantitative estimate of drug-likeness (QED) is 0.888. The highest BCUT2D eigenvalue weighted by molar-refractivity contribution is 5.89. The number of anilines is 1. The Bertz CT molecular complexity index is 813. The fourth-order valence-electron chi connectivity index (χ4n) is 4.00. The number of piperidine rings is 1. The van der Waals surface area contributed by atoms with Crippen molar-refractivity contribution in [2.45, 2.75) is 25.8 Å². The van der Waals surface area contributed by atoms with Crippen LogP contribution in [0.3, 0.4) is 0 Å². The number of benzene rings is 2. The summed E-state index contributed by atoms with van der Waals surface area (Å²) < 4.78 is 0. The van der Waals surface area contributed by atoms with Crippen molar-refractivity contribution in [3.05, 3.63) is 65.7 Å². The second kappa shape index (κ2) is 7.82. The minimum absolute atomic E-state index is 0.0241. The van der Waals surface area contributed by atoms with E-state index in [4.69, 9.17) is 0 Å². The first-order valence-corrected chi connectivity index (χ1v) is 9.67. The number of nitrogens with one attached hydrogen (secondary N) is 1. The molecule has 3 amide bonds. The van der Waals surface area contributed by atoms with E-state index in [-0.39, 0.29) is 17.9 Å². The summed E-state index contributed by atoms with van der Waals surface area (Å²) in [6.45, 7) is 2.76. The Morgan fingerprint density at radius 3 is 2.22 bits per heavy atom. The Hall–Kier alpha value is -2.82. The fraction of sp³-hybridized carbons (Fsp3) is 0.364. The first-order chi connectivity index (χ1) is 13.2. The van der Waals surface area contributed by atoms with Crippen molar-refractivity contribution in [1.29, 1.82) is 0 Å². The van der Waals surface area contributed by atoms with Gasteiger partial charge in [-0.05, 0) is 42.5 Å². The van der Waals surface area contributed by atoms with Crippen LogP contribution in [0.5, 0.6) is 0 Å². The zero-order chi connectivity index (χ0) is 18.6. The lowest BCUT2D eigenvalue weighted by atomic mass is 9.93. The van der Waals surface area contributed by atoms with Gasteiger partial charge in [0, 0.05) is 37.8 Å². The third-order valence-corrected chi connectivity index (χ3v) is 5.60. The molecule has 2 aromatic rings. The average Bonchev–Trinajstić information content (AvgIpc) is 2.73. The summed E-state index contributed by atoms with van der Waals surface area (Å²) in [7, 11) is 0.